The van der Waals surface area contributed by atoms with Crippen LogP contribution in [0, 0.1) is 0 Å². The van der Waals surface area contributed by atoms with E-state index in [0.29, 0.717) is 25.7 Å². The second-order valence-electron chi connectivity index (χ2n) is 13.5. The van der Waals surface area contributed by atoms with Gasteiger partial charge in [0, 0.05) is 19.0 Å². The average Bonchev–Trinajstić information content (AvgIpc) is 3.68. The number of benzene rings is 2. The van der Waals surface area contributed by atoms with Crippen LogP contribution in [0.25, 0.3) is 11.1 Å². The Labute approximate surface area is 291 Å². The van der Waals surface area contributed by atoms with Crippen LogP contribution in [-0.4, -0.2) is 95.9 Å². The van der Waals surface area contributed by atoms with E-state index in [9.17, 15) is 33.9 Å². The number of amides is 5. The SMILES string of the molecule is C[C@H](NC(=O)OCC1c2ccccc2-c2ccccc21)C(=O)NCC(=O)N1CCC[C@H]1C(=O)N[C@@H](CCCCNC(=O)OC(C)(C)C)C(=O)O. The molecule has 0 saturated carbocycles. The Kier molecular flexibility index (Phi) is 12.8. The Hall–Kier alpha value is -5.14. The van der Waals surface area contributed by atoms with Crippen molar-refractivity contribution in [2.75, 3.05) is 26.2 Å². The molecule has 5 amide bonds. The molecule has 14 heteroatoms. The summed E-state index contributed by atoms with van der Waals surface area (Å²) in [6.45, 7) is 6.94. The van der Waals surface area contributed by atoms with Crippen molar-refractivity contribution in [2.24, 2.45) is 0 Å². The Morgan fingerprint density at radius 3 is 2.16 bits per heavy atom. The molecule has 50 heavy (non-hydrogen) atoms. The van der Waals surface area contributed by atoms with Gasteiger partial charge < -0.3 is 40.7 Å². The number of likely N-dealkylation sites (tertiary alicyclic amines) is 1. The highest BCUT2D eigenvalue weighted by Crippen LogP contribution is 2.44. The maximum Gasteiger partial charge on any atom is 0.407 e. The lowest BCUT2D eigenvalue weighted by Crippen LogP contribution is -2.53. The first-order valence-corrected chi connectivity index (χ1v) is 16.9. The van der Waals surface area contributed by atoms with Gasteiger partial charge in [0.25, 0.3) is 0 Å². The first-order chi connectivity index (χ1) is 23.7. The molecule has 0 aromatic heterocycles. The van der Waals surface area contributed by atoms with Crippen LogP contribution in [0.2, 0.25) is 0 Å². The van der Waals surface area contributed by atoms with E-state index in [0.717, 1.165) is 22.3 Å². The number of fused-ring (bicyclic) bond motifs is 3. The van der Waals surface area contributed by atoms with Gasteiger partial charge in [-0.15, -0.1) is 0 Å². The molecule has 4 rings (SSSR count). The van der Waals surface area contributed by atoms with Crippen molar-refractivity contribution in [1.82, 2.24) is 26.2 Å². The van der Waals surface area contributed by atoms with Crippen molar-refractivity contribution in [3.63, 3.8) is 0 Å². The molecule has 2 aromatic carbocycles. The number of carboxylic acids is 1. The molecule has 1 heterocycles. The van der Waals surface area contributed by atoms with Gasteiger partial charge in [0.15, 0.2) is 0 Å². The summed E-state index contributed by atoms with van der Waals surface area (Å²) in [4.78, 5) is 76.4. The molecule has 1 aliphatic carbocycles. The largest absolute Gasteiger partial charge is 0.480 e. The third-order valence-electron chi connectivity index (χ3n) is 8.56. The monoisotopic (exact) mass is 693 g/mol. The summed E-state index contributed by atoms with van der Waals surface area (Å²) in [7, 11) is 0. The van der Waals surface area contributed by atoms with Crippen LogP contribution in [0.1, 0.15) is 76.8 Å². The molecule has 2 aliphatic rings. The number of nitrogens with zero attached hydrogens (tertiary/aromatic N) is 1. The summed E-state index contributed by atoms with van der Waals surface area (Å²) in [5, 5.41) is 19.8. The molecule has 5 N–H and O–H groups in total. The number of rotatable bonds is 14. The molecule has 1 fully saturated rings. The van der Waals surface area contributed by atoms with Gasteiger partial charge in [-0.25, -0.2) is 14.4 Å². The van der Waals surface area contributed by atoms with Crippen molar-refractivity contribution >= 4 is 35.9 Å². The fourth-order valence-corrected chi connectivity index (χ4v) is 6.14. The van der Waals surface area contributed by atoms with Gasteiger partial charge in [-0.3, -0.25) is 14.4 Å². The molecule has 0 radical (unpaired) electrons. The Morgan fingerprint density at radius 1 is 0.900 bits per heavy atom. The molecule has 2 aromatic rings. The standard InChI is InChI=1S/C36H47N5O9/c1-22(39-35(48)49-21-27-25-14-7-5-12-23(25)24-13-6-8-15-26(24)27)31(43)38-20-30(42)41-19-11-17-29(41)32(44)40-28(33(45)46)16-9-10-18-37-34(47)50-36(2,3)4/h5-8,12-15,22,27-29H,9-11,16-21H2,1-4H3,(H,37,47)(H,38,43)(H,39,48)(H,40,44)(H,45,46)/t22-,28-,29-/m0/s1. The number of ether oxygens (including phenoxy) is 2. The molecule has 0 bridgehead atoms. The van der Waals surface area contributed by atoms with Gasteiger partial charge in [-0.2, -0.15) is 0 Å². The van der Waals surface area contributed by atoms with Gasteiger partial charge in [0.2, 0.25) is 17.7 Å². The number of aliphatic carboxylic acids is 1. The maximum atomic E-state index is 13.1. The third kappa shape index (κ3) is 10.2. The summed E-state index contributed by atoms with van der Waals surface area (Å²) < 4.78 is 10.7. The van der Waals surface area contributed by atoms with Crippen molar-refractivity contribution in [3.8, 4) is 11.1 Å². The van der Waals surface area contributed by atoms with Crippen LogP contribution in [-0.2, 0) is 28.7 Å². The summed E-state index contributed by atoms with van der Waals surface area (Å²) in [6, 6.07) is 12.8. The summed E-state index contributed by atoms with van der Waals surface area (Å²) in [5.41, 5.74) is 3.67. The van der Waals surface area contributed by atoms with Crippen LogP contribution in [0.4, 0.5) is 9.59 Å². The lowest BCUT2D eigenvalue weighted by Gasteiger charge is -2.26. The molecule has 0 unspecified atom stereocenters. The predicted molar refractivity (Wildman–Crippen MR) is 183 cm³/mol. The fourth-order valence-electron chi connectivity index (χ4n) is 6.14. The Balaban J connectivity index is 1.18. The zero-order valence-corrected chi connectivity index (χ0v) is 29.0. The van der Waals surface area contributed by atoms with Gasteiger partial charge in [0.05, 0.1) is 6.54 Å². The molecule has 1 saturated heterocycles. The van der Waals surface area contributed by atoms with E-state index in [4.69, 9.17) is 9.47 Å². The minimum Gasteiger partial charge on any atom is -0.480 e. The summed E-state index contributed by atoms with van der Waals surface area (Å²) in [6.07, 6.45) is 0.551. The van der Waals surface area contributed by atoms with Gasteiger partial charge >= 0.3 is 18.2 Å². The highest BCUT2D eigenvalue weighted by molar-refractivity contribution is 5.93. The van der Waals surface area contributed by atoms with E-state index in [1.165, 1.54) is 11.8 Å². The number of hydrogen-bond donors (Lipinski definition) is 5. The number of alkyl carbamates (subject to hydrolysis) is 2. The zero-order chi connectivity index (χ0) is 36.4. The Morgan fingerprint density at radius 2 is 1.54 bits per heavy atom. The van der Waals surface area contributed by atoms with Gasteiger partial charge in [0.1, 0.15) is 30.3 Å². The van der Waals surface area contributed by atoms with Crippen molar-refractivity contribution in [1.29, 1.82) is 0 Å². The van der Waals surface area contributed by atoms with Crippen LogP contribution < -0.4 is 21.3 Å². The quantitative estimate of drug-likeness (QED) is 0.185. The highest BCUT2D eigenvalue weighted by Gasteiger charge is 2.36. The Bertz CT molecular complexity index is 1530. The van der Waals surface area contributed by atoms with E-state index in [1.54, 1.807) is 20.8 Å². The first kappa shape index (κ1) is 37.7. The summed E-state index contributed by atoms with van der Waals surface area (Å²) in [5.74, 6) is -3.06. The topological polar surface area (TPSA) is 192 Å². The molecule has 270 valence electrons. The van der Waals surface area contributed by atoms with Crippen molar-refractivity contribution in [3.05, 3.63) is 59.7 Å². The number of unbranched alkanes of at least 4 members (excludes halogenated alkanes) is 1. The average molecular weight is 694 g/mol. The second-order valence-corrected chi connectivity index (χ2v) is 13.5. The van der Waals surface area contributed by atoms with Crippen molar-refractivity contribution in [2.45, 2.75) is 89.4 Å². The van der Waals surface area contributed by atoms with E-state index < -0.39 is 66.1 Å². The fraction of sp³-hybridized carbons (Fsp3) is 0.500. The third-order valence-corrected chi connectivity index (χ3v) is 8.56. The molecule has 1 aliphatic heterocycles. The number of nitrogens with one attached hydrogen (secondary N) is 4. The highest BCUT2D eigenvalue weighted by atomic mass is 16.6. The van der Waals surface area contributed by atoms with E-state index in [2.05, 4.69) is 21.3 Å². The molecule has 3 atom stereocenters. The molecule has 0 spiro atoms. The van der Waals surface area contributed by atoms with Crippen molar-refractivity contribution < 1.29 is 43.3 Å². The van der Waals surface area contributed by atoms with Gasteiger partial charge in [-0.05, 0) is 82.1 Å². The minimum absolute atomic E-state index is 0.0825. The second kappa shape index (κ2) is 17.0. The number of carboxylic acid groups (broad SMARTS) is 1. The number of carbonyl (C=O) groups excluding carboxylic acids is 5. The van der Waals surface area contributed by atoms with Crippen LogP contribution >= 0.6 is 0 Å². The number of carbonyl (C=O) groups is 6. The predicted octanol–water partition coefficient (Wildman–Crippen LogP) is 3.29. The normalized spacial score (nSPS) is 16.3. The van der Waals surface area contributed by atoms with E-state index >= 15 is 0 Å². The minimum atomic E-state index is -1.21. The lowest BCUT2D eigenvalue weighted by molar-refractivity contribution is -0.144. The van der Waals surface area contributed by atoms with E-state index in [1.807, 2.05) is 48.5 Å². The number of hydrogen-bond acceptors (Lipinski definition) is 8. The van der Waals surface area contributed by atoms with E-state index in [-0.39, 0.29) is 32.0 Å². The molecular formula is C36H47N5O9. The lowest BCUT2D eigenvalue weighted by atomic mass is 9.98. The molecular weight excluding hydrogens is 646 g/mol. The summed E-state index contributed by atoms with van der Waals surface area (Å²) >= 11 is 0. The van der Waals surface area contributed by atoms with Crippen LogP contribution in [0.3, 0.4) is 0 Å². The van der Waals surface area contributed by atoms with Gasteiger partial charge in [-0.1, -0.05) is 48.5 Å². The van der Waals surface area contributed by atoms with Crippen LogP contribution in [0.15, 0.2) is 48.5 Å². The molecule has 14 nitrogen and oxygen atoms in total. The van der Waals surface area contributed by atoms with Crippen LogP contribution in [0.5, 0.6) is 0 Å². The zero-order valence-electron chi connectivity index (χ0n) is 29.0. The smallest absolute Gasteiger partial charge is 0.407 e. The maximum absolute atomic E-state index is 13.1. The first-order valence-electron chi connectivity index (χ1n) is 16.9.